The van der Waals surface area contributed by atoms with Crippen molar-refractivity contribution in [3.05, 3.63) is 35.4 Å². The van der Waals surface area contributed by atoms with Gasteiger partial charge in [-0.1, -0.05) is 24.3 Å². The zero-order chi connectivity index (χ0) is 11.0. The first-order valence-electron chi connectivity index (χ1n) is 6.29. The topological polar surface area (TPSA) is 21.3 Å². The standard InChI is InChI=1S/C14H19NO/c1-10-8-15-9-14(16-10)13-5-3-2-4-12(13)11-6-7-11/h2-5,10-11,14-15H,6-9H2,1H3. The van der Waals surface area contributed by atoms with Gasteiger partial charge in [-0.25, -0.2) is 0 Å². The molecule has 86 valence electrons. The van der Waals surface area contributed by atoms with Gasteiger partial charge in [-0.15, -0.1) is 0 Å². The molecule has 1 saturated carbocycles. The molecule has 0 aromatic heterocycles. The molecule has 2 nitrogen and oxygen atoms in total. The van der Waals surface area contributed by atoms with E-state index in [0.29, 0.717) is 6.10 Å². The Morgan fingerprint density at radius 1 is 1.12 bits per heavy atom. The molecular weight excluding hydrogens is 198 g/mol. The zero-order valence-corrected chi connectivity index (χ0v) is 9.78. The number of ether oxygens (including phenoxy) is 1. The fourth-order valence-corrected chi connectivity index (χ4v) is 2.55. The lowest BCUT2D eigenvalue weighted by Gasteiger charge is -2.30. The van der Waals surface area contributed by atoms with Crippen LogP contribution in [0.2, 0.25) is 0 Å². The van der Waals surface area contributed by atoms with Gasteiger partial charge in [-0.2, -0.15) is 0 Å². The summed E-state index contributed by atoms with van der Waals surface area (Å²) in [6.07, 6.45) is 3.28. The Bertz CT molecular complexity index is 373. The van der Waals surface area contributed by atoms with Gasteiger partial charge < -0.3 is 10.1 Å². The Morgan fingerprint density at radius 3 is 2.56 bits per heavy atom. The third kappa shape index (κ3) is 2.00. The molecule has 0 radical (unpaired) electrons. The van der Waals surface area contributed by atoms with Crippen LogP contribution in [0.4, 0.5) is 0 Å². The van der Waals surface area contributed by atoms with Gasteiger partial charge in [0, 0.05) is 13.1 Å². The molecule has 0 spiro atoms. The molecule has 2 heteroatoms. The van der Waals surface area contributed by atoms with Crippen LogP contribution in [0.25, 0.3) is 0 Å². The summed E-state index contributed by atoms with van der Waals surface area (Å²) in [6.45, 7) is 4.06. The number of benzene rings is 1. The highest BCUT2D eigenvalue weighted by Crippen LogP contribution is 2.43. The summed E-state index contributed by atoms with van der Waals surface area (Å²) in [4.78, 5) is 0. The third-order valence-electron chi connectivity index (χ3n) is 3.52. The highest BCUT2D eigenvalue weighted by molar-refractivity contribution is 5.35. The molecule has 2 aliphatic rings. The van der Waals surface area contributed by atoms with E-state index >= 15 is 0 Å². The van der Waals surface area contributed by atoms with Crippen molar-refractivity contribution in [3.8, 4) is 0 Å². The van der Waals surface area contributed by atoms with Gasteiger partial charge in [0.25, 0.3) is 0 Å². The van der Waals surface area contributed by atoms with Gasteiger partial charge in [-0.3, -0.25) is 0 Å². The predicted molar refractivity (Wildman–Crippen MR) is 64.6 cm³/mol. The minimum absolute atomic E-state index is 0.251. The van der Waals surface area contributed by atoms with Crippen molar-refractivity contribution in [3.63, 3.8) is 0 Å². The lowest BCUT2D eigenvalue weighted by Crippen LogP contribution is -2.39. The molecule has 16 heavy (non-hydrogen) atoms. The highest BCUT2D eigenvalue weighted by atomic mass is 16.5. The Kier molecular flexibility index (Phi) is 2.70. The fourth-order valence-electron chi connectivity index (χ4n) is 2.55. The Balaban J connectivity index is 1.86. The molecule has 1 N–H and O–H groups in total. The first-order chi connectivity index (χ1) is 7.84. The van der Waals surface area contributed by atoms with Crippen LogP contribution >= 0.6 is 0 Å². The van der Waals surface area contributed by atoms with Gasteiger partial charge in [0.05, 0.1) is 12.2 Å². The van der Waals surface area contributed by atoms with Crippen molar-refractivity contribution in [1.29, 1.82) is 0 Å². The average molecular weight is 217 g/mol. The second-order valence-electron chi connectivity index (χ2n) is 5.00. The molecule has 1 heterocycles. The molecule has 0 bridgehead atoms. The quantitative estimate of drug-likeness (QED) is 0.822. The average Bonchev–Trinajstić information content (AvgIpc) is 3.13. The lowest BCUT2D eigenvalue weighted by atomic mass is 9.98. The maximum Gasteiger partial charge on any atom is 0.0956 e. The van der Waals surface area contributed by atoms with Crippen LogP contribution in [-0.2, 0) is 4.74 Å². The Hall–Kier alpha value is -0.860. The van der Waals surface area contributed by atoms with Crippen LogP contribution in [0.3, 0.4) is 0 Å². The smallest absolute Gasteiger partial charge is 0.0956 e. The second-order valence-corrected chi connectivity index (χ2v) is 5.00. The molecule has 1 aliphatic carbocycles. The van der Waals surface area contributed by atoms with Gasteiger partial charge in [0.1, 0.15) is 0 Å². The molecule has 1 saturated heterocycles. The SMILES string of the molecule is CC1CNCC(c2ccccc2C2CC2)O1. The molecule has 2 atom stereocenters. The third-order valence-corrected chi connectivity index (χ3v) is 3.52. The van der Waals surface area contributed by atoms with Crippen molar-refractivity contribution in [2.75, 3.05) is 13.1 Å². The highest BCUT2D eigenvalue weighted by Gasteiger charge is 2.29. The monoisotopic (exact) mass is 217 g/mol. The van der Waals surface area contributed by atoms with Crippen LogP contribution < -0.4 is 5.32 Å². The number of nitrogens with one attached hydrogen (secondary N) is 1. The van der Waals surface area contributed by atoms with Gasteiger partial charge in [0.15, 0.2) is 0 Å². The minimum atomic E-state index is 0.251. The normalized spacial score (nSPS) is 30.3. The van der Waals surface area contributed by atoms with Crippen LogP contribution in [0.5, 0.6) is 0 Å². The fraction of sp³-hybridized carbons (Fsp3) is 0.571. The predicted octanol–water partition coefficient (Wildman–Crippen LogP) is 2.61. The number of hydrogen-bond acceptors (Lipinski definition) is 2. The number of morpholine rings is 1. The molecule has 0 amide bonds. The van der Waals surface area contributed by atoms with Gasteiger partial charge in [-0.05, 0) is 36.8 Å². The van der Waals surface area contributed by atoms with Crippen LogP contribution in [0, 0.1) is 0 Å². The van der Waals surface area contributed by atoms with Crippen LogP contribution in [-0.4, -0.2) is 19.2 Å². The van der Waals surface area contributed by atoms with E-state index in [1.807, 2.05) is 0 Å². The van der Waals surface area contributed by atoms with E-state index in [-0.39, 0.29) is 6.10 Å². The largest absolute Gasteiger partial charge is 0.368 e. The first kappa shape index (κ1) is 10.3. The number of rotatable bonds is 2. The summed E-state index contributed by atoms with van der Waals surface area (Å²) >= 11 is 0. The summed E-state index contributed by atoms with van der Waals surface area (Å²) in [6, 6.07) is 8.79. The van der Waals surface area contributed by atoms with Crippen molar-refractivity contribution in [1.82, 2.24) is 5.32 Å². The first-order valence-corrected chi connectivity index (χ1v) is 6.29. The molecule has 3 rings (SSSR count). The van der Waals surface area contributed by atoms with E-state index in [4.69, 9.17) is 4.74 Å². The molecule has 1 aromatic carbocycles. The van der Waals surface area contributed by atoms with E-state index in [9.17, 15) is 0 Å². The van der Waals surface area contributed by atoms with E-state index in [1.54, 1.807) is 0 Å². The van der Waals surface area contributed by atoms with Gasteiger partial charge in [0.2, 0.25) is 0 Å². The summed E-state index contributed by atoms with van der Waals surface area (Å²) in [5.41, 5.74) is 2.92. The summed E-state index contributed by atoms with van der Waals surface area (Å²) < 4.78 is 6.03. The minimum Gasteiger partial charge on any atom is -0.368 e. The van der Waals surface area contributed by atoms with E-state index in [1.165, 1.54) is 24.0 Å². The molecule has 1 aliphatic heterocycles. The van der Waals surface area contributed by atoms with Crippen LogP contribution in [0.15, 0.2) is 24.3 Å². The van der Waals surface area contributed by atoms with Crippen molar-refractivity contribution in [2.45, 2.75) is 37.9 Å². The molecule has 2 fully saturated rings. The van der Waals surface area contributed by atoms with Crippen molar-refractivity contribution >= 4 is 0 Å². The summed E-state index contributed by atoms with van der Waals surface area (Å²) in [5, 5.41) is 3.44. The molecule has 1 aromatic rings. The van der Waals surface area contributed by atoms with E-state index in [0.717, 1.165) is 19.0 Å². The van der Waals surface area contributed by atoms with Gasteiger partial charge >= 0.3 is 0 Å². The zero-order valence-electron chi connectivity index (χ0n) is 9.78. The molecule has 2 unspecified atom stereocenters. The number of hydrogen-bond donors (Lipinski definition) is 1. The maximum atomic E-state index is 6.03. The molecular formula is C14H19NO. The lowest BCUT2D eigenvalue weighted by molar-refractivity contribution is -0.0291. The van der Waals surface area contributed by atoms with Crippen LogP contribution in [0.1, 0.15) is 42.9 Å². The Morgan fingerprint density at radius 2 is 1.88 bits per heavy atom. The maximum absolute atomic E-state index is 6.03. The summed E-state index contributed by atoms with van der Waals surface area (Å²) in [5.74, 6) is 0.803. The van der Waals surface area contributed by atoms with Crippen molar-refractivity contribution < 1.29 is 4.74 Å². The second kappa shape index (κ2) is 4.19. The van der Waals surface area contributed by atoms with E-state index in [2.05, 4.69) is 36.5 Å². The Labute approximate surface area is 97.0 Å². The van der Waals surface area contributed by atoms with Crippen molar-refractivity contribution in [2.24, 2.45) is 0 Å². The summed E-state index contributed by atoms with van der Waals surface area (Å²) in [7, 11) is 0. The van der Waals surface area contributed by atoms with E-state index < -0.39 is 0 Å².